The van der Waals surface area contributed by atoms with Gasteiger partial charge in [0, 0.05) is 32.1 Å². The first-order valence-electron chi connectivity index (χ1n) is 6.52. The van der Waals surface area contributed by atoms with E-state index in [1.54, 1.807) is 0 Å². The van der Waals surface area contributed by atoms with Crippen LogP contribution in [0, 0.1) is 0 Å². The number of nitrogens with zero attached hydrogens (tertiary/aromatic N) is 4. The lowest BCUT2D eigenvalue weighted by Crippen LogP contribution is -2.52. The van der Waals surface area contributed by atoms with Gasteiger partial charge < -0.3 is 9.80 Å². The van der Waals surface area contributed by atoms with Crippen molar-refractivity contribution in [3.63, 3.8) is 0 Å². The van der Waals surface area contributed by atoms with Crippen molar-refractivity contribution in [1.82, 2.24) is 25.0 Å². The molecule has 1 aliphatic heterocycles. The highest BCUT2D eigenvalue weighted by atomic mass is 16.2. The highest BCUT2D eigenvalue weighted by Gasteiger charge is 2.28. The second-order valence-electron chi connectivity index (χ2n) is 4.97. The number of carbonyl (C=O) groups excluding carboxylic acids is 1. The van der Waals surface area contributed by atoms with Gasteiger partial charge >= 0.3 is 0 Å². The predicted molar refractivity (Wildman–Crippen MR) is 68.4 cm³/mol. The number of amides is 1. The maximum atomic E-state index is 12.3. The molecule has 1 saturated heterocycles. The van der Waals surface area contributed by atoms with Gasteiger partial charge in [0.05, 0.1) is 0 Å². The predicted octanol–water partition coefficient (Wildman–Crippen LogP) is 0.533. The Hall–Kier alpha value is -1.43. The number of H-pyrrole nitrogens is 1. The molecule has 0 radical (unpaired) electrons. The lowest BCUT2D eigenvalue weighted by Gasteiger charge is -2.37. The third kappa shape index (κ3) is 2.69. The molecule has 0 aromatic carbocycles. The van der Waals surface area contributed by atoms with Crippen molar-refractivity contribution in [3.05, 3.63) is 11.6 Å². The first-order chi connectivity index (χ1) is 8.61. The standard InChI is InChI=1S/C12H21N5O/c1-4-5-10-13-11(15-14-10)12(18)17-7-6-16(3)8-9(17)2/h9H,4-8H2,1-3H3,(H,13,14,15). The number of hydrogen-bond donors (Lipinski definition) is 1. The van der Waals surface area contributed by atoms with E-state index in [-0.39, 0.29) is 11.9 Å². The average molecular weight is 251 g/mol. The van der Waals surface area contributed by atoms with Crippen LogP contribution in [0.15, 0.2) is 0 Å². The van der Waals surface area contributed by atoms with E-state index in [0.29, 0.717) is 5.82 Å². The Morgan fingerprint density at radius 2 is 2.28 bits per heavy atom. The monoisotopic (exact) mass is 251 g/mol. The molecule has 1 fully saturated rings. The molecule has 1 aromatic rings. The fraction of sp³-hybridized carbons (Fsp3) is 0.750. The van der Waals surface area contributed by atoms with Gasteiger partial charge in [-0.05, 0) is 20.4 Å². The topological polar surface area (TPSA) is 65.1 Å². The molecule has 2 rings (SSSR count). The first kappa shape index (κ1) is 13.0. The van der Waals surface area contributed by atoms with Crippen LogP contribution < -0.4 is 0 Å². The molecular formula is C12H21N5O. The number of rotatable bonds is 3. The maximum Gasteiger partial charge on any atom is 0.293 e. The molecule has 0 bridgehead atoms. The number of aromatic nitrogens is 3. The zero-order valence-corrected chi connectivity index (χ0v) is 11.3. The van der Waals surface area contributed by atoms with Gasteiger partial charge in [0.1, 0.15) is 5.82 Å². The van der Waals surface area contributed by atoms with Crippen LogP contribution in [0.1, 0.15) is 36.7 Å². The molecule has 0 spiro atoms. The summed E-state index contributed by atoms with van der Waals surface area (Å²) in [7, 11) is 2.07. The minimum Gasteiger partial charge on any atom is -0.331 e. The van der Waals surface area contributed by atoms with Crippen molar-refractivity contribution in [2.45, 2.75) is 32.7 Å². The van der Waals surface area contributed by atoms with Crippen molar-refractivity contribution in [2.75, 3.05) is 26.7 Å². The molecule has 1 aromatic heterocycles. The van der Waals surface area contributed by atoms with E-state index in [9.17, 15) is 4.79 Å². The van der Waals surface area contributed by atoms with Crippen LogP contribution in [0.5, 0.6) is 0 Å². The number of likely N-dealkylation sites (N-methyl/N-ethyl adjacent to an activating group) is 1. The molecule has 18 heavy (non-hydrogen) atoms. The Morgan fingerprint density at radius 3 is 2.94 bits per heavy atom. The fourth-order valence-corrected chi connectivity index (χ4v) is 2.31. The summed E-state index contributed by atoms with van der Waals surface area (Å²) in [6, 6.07) is 0.212. The lowest BCUT2D eigenvalue weighted by molar-refractivity contribution is 0.0522. The van der Waals surface area contributed by atoms with Gasteiger partial charge in [0.15, 0.2) is 0 Å². The molecule has 1 amide bonds. The van der Waals surface area contributed by atoms with E-state index in [4.69, 9.17) is 0 Å². The molecule has 1 unspecified atom stereocenters. The van der Waals surface area contributed by atoms with Crippen molar-refractivity contribution >= 4 is 5.91 Å². The van der Waals surface area contributed by atoms with Crippen molar-refractivity contribution in [2.24, 2.45) is 0 Å². The van der Waals surface area contributed by atoms with Gasteiger partial charge in [0.2, 0.25) is 5.82 Å². The van der Waals surface area contributed by atoms with E-state index in [0.717, 1.165) is 38.3 Å². The van der Waals surface area contributed by atoms with Crippen molar-refractivity contribution in [3.8, 4) is 0 Å². The second kappa shape index (κ2) is 5.48. The molecule has 0 saturated carbocycles. The Labute approximate surface area is 107 Å². The number of aryl methyl sites for hydroxylation is 1. The Balaban J connectivity index is 2.05. The van der Waals surface area contributed by atoms with Gasteiger partial charge in [-0.25, -0.2) is 4.98 Å². The zero-order valence-electron chi connectivity index (χ0n) is 11.3. The maximum absolute atomic E-state index is 12.3. The minimum atomic E-state index is -0.0609. The van der Waals surface area contributed by atoms with Crippen LogP contribution >= 0.6 is 0 Å². The summed E-state index contributed by atoms with van der Waals surface area (Å²) in [6.45, 7) is 6.69. The number of piperazine rings is 1. The van der Waals surface area contributed by atoms with E-state index in [1.807, 2.05) is 4.90 Å². The van der Waals surface area contributed by atoms with Crippen molar-refractivity contribution in [1.29, 1.82) is 0 Å². The largest absolute Gasteiger partial charge is 0.331 e. The molecule has 6 nitrogen and oxygen atoms in total. The molecule has 1 aliphatic rings. The van der Waals surface area contributed by atoms with E-state index >= 15 is 0 Å². The summed E-state index contributed by atoms with van der Waals surface area (Å²) in [6.07, 6.45) is 1.83. The number of nitrogens with one attached hydrogen (secondary N) is 1. The Kier molecular flexibility index (Phi) is 3.96. The van der Waals surface area contributed by atoms with Gasteiger partial charge in [-0.2, -0.15) is 0 Å². The van der Waals surface area contributed by atoms with Crippen LogP contribution in [0.25, 0.3) is 0 Å². The van der Waals surface area contributed by atoms with Gasteiger partial charge in [0.25, 0.3) is 5.91 Å². The highest BCUT2D eigenvalue weighted by Crippen LogP contribution is 2.11. The molecule has 100 valence electrons. The number of hydrogen-bond acceptors (Lipinski definition) is 4. The quantitative estimate of drug-likeness (QED) is 0.851. The summed E-state index contributed by atoms with van der Waals surface area (Å²) in [5.74, 6) is 1.03. The van der Waals surface area contributed by atoms with Crippen LogP contribution in [-0.4, -0.2) is 63.6 Å². The molecular weight excluding hydrogens is 230 g/mol. The summed E-state index contributed by atoms with van der Waals surface area (Å²) in [4.78, 5) is 20.6. The van der Waals surface area contributed by atoms with Crippen LogP contribution in [0.3, 0.4) is 0 Å². The van der Waals surface area contributed by atoms with Crippen LogP contribution in [0.4, 0.5) is 0 Å². The number of carbonyl (C=O) groups is 1. The second-order valence-corrected chi connectivity index (χ2v) is 4.97. The van der Waals surface area contributed by atoms with Gasteiger partial charge in [-0.1, -0.05) is 6.92 Å². The smallest absolute Gasteiger partial charge is 0.293 e. The van der Waals surface area contributed by atoms with E-state index < -0.39 is 0 Å². The molecule has 6 heteroatoms. The molecule has 1 atom stereocenters. The Morgan fingerprint density at radius 1 is 1.50 bits per heavy atom. The van der Waals surface area contributed by atoms with Gasteiger partial charge in [-0.15, -0.1) is 5.10 Å². The van der Waals surface area contributed by atoms with Crippen LogP contribution in [-0.2, 0) is 6.42 Å². The Bertz CT molecular complexity index is 416. The lowest BCUT2D eigenvalue weighted by atomic mass is 10.2. The average Bonchev–Trinajstić information content (AvgIpc) is 2.77. The van der Waals surface area contributed by atoms with Crippen LogP contribution in [0.2, 0.25) is 0 Å². The first-order valence-corrected chi connectivity index (χ1v) is 6.52. The zero-order chi connectivity index (χ0) is 13.1. The summed E-state index contributed by atoms with van der Waals surface area (Å²) >= 11 is 0. The van der Waals surface area contributed by atoms with Gasteiger partial charge in [-0.3, -0.25) is 9.89 Å². The third-order valence-corrected chi connectivity index (χ3v) is 3.30. The van der Waals surface area contributed by atoms with E-state index in [2.05, 4.69) is 41.0 Å². The fourth-order valence-electron chi connectivity index (χ4n) is 2.31. The minimum absolute atomic E-state index is 0.0609. The summed E-state index contributed by atoms with van der Waals surface area (Å²) in [5.41, 5.74) is 0. The summed E-state index contributed by atoms with van der Waals surface area (Å²) < 4.78 is 0. The van der Waals surface area contributed by atoms with Crippen molar-refractivity contribution < 1.29 is 4.79 Å². The molecule has 2 heterocycles. The van der Waals surface area contributed by atoms with E-state index in [1.165, 1.54) is 0 Å². The molecule has 1 N–H and O–H groups in total. The third-order valence-electron chi connectivity index (χ3n) is 3.30. The number of aromatic amines is 1. The normalized spacial score (nSPS) is 21.3. The summed E-state index contributed by atoms with van der Waals surface area (Å²) in [5, 5.41) is 6.85. The molecule has 0 aliphatic carbocycles. The highest BCUT2D eigenvalue weighted by molar-refractivity contribution is 5.90. The SMILES string of the molecule is CCCc1nc(C(=O)N2CCN(C)CC2C)n[nH]1.